The predicted octanol–water partition coefficient (Wildman–Crippen LogP) is 4.80. The largest absolute Gasteiger partial charge is 0.379 e. The Balaban J connectivity index is 1.18. The summed E-state index contributed by atoms with van der Waals surface area (Å²) in [6.45, 7) is 5.96. The number of ether oxygens (including phenoxy) is 1. The number of nitrogens with zero attached hydrogens (tertiary/aromatic N) is 6. The number of piperidine rings is 1. The maximum absolute atomic E-state index is 14.2. The molecule has 7 rings (SSSR count). The van der Waals surface area contributed by atoms with Gasteiger partial charge in [0, 0.05) is 78.8 Å². The summed E-state index contributed by atoms with van der Waals surface area (Å²) in [5, 5.41) is 8.33. The monoisotopic (exact) mass is 562 g/mol. The summed E-state index contributed by atoms with van der Waals surface area (Å²) in [6.07, 6.45) is 4.40. The van der Waals surface area contributed by atoms with E-state index in [1.54, 1.807) is 13.3 Å². The number of aryl methyl sites for hydroxylation is 1. The molecular formula is C31H36F2N6O2. The van der Waals surface area contributed by atoms with E-state index < -0.39 is 11.8 Å². The summed E-state index contributed by atoms with van der Waals surface area (Å²) in [6, 6.07) is 10.0. The molecule has 0 spiro atoms. The molecule has 1 saturated carbocycles. The van der Waals surface area contributed by atoms with Crippen LogP contribution in [-0.4, -0.2) is 62.8 Å². The lowest BCUT2D eigenvalue weighted by Gasteiger charge is -2.42. The molecule has 3 aromatic rings. The topological polar surface area (TPSA) is 76.4 Å². The molecule has 8 nitrogen and oxygen atoms in total. The molecular weight excluding hydrogens is 526 g/mol. The molecule has 216 valence electrons. The zero-order valence-electron chi connectivity index (χ0n) is 23.8. The molecule has 4 aliphatic rings. The number of halogens is 2. The highest BCUT2D eigenvalue weighted by Crippen LogP contribution is 2.46. The van der Waals surface area contributed by atoms with Crippen molar-refractivity contribution in [3.05, 3.63) is 70.6 Å². The van der Waals surface area contributed by atoms with Gasteiger partial charge in [0.1, 0.15) is 12.2 Å². The van der Waals surface area contributed by atoms with E-state index in [1.807, 2.05) is 41.6 Å². The molecule has 5 heterocycles. The average Bonchev–Trinajstić information content (AvgIpc) is 3.63. The molecule has 1 aliphatic carbocycles. The Kier molecular flexibility index (Phi) is 6.28. The van der Waals surface area contributed by atoms with Crippen LogP contribution in [0.3, 0.4) is 0 Å². The maximum Gasteiger partial charge on any atom is 0.259 e. The number of pyridine rings is 1. The van der Waals surface area contributed by atoms with Gasteiger partial charge in [-0.05, 0) is 43.5 Å². The van der Waals surface area contributed by atoms with Gasteiger partial charge in [-0.3, -0.25) is 14.7 Å². The lowest BCUT2D eigenvalue weighted by Crippen LogP contribution is -2.49. The molecule has 41 heavy (non-hydrogen) atoms. The van der Waals surface area contributed by atoms with E-state index in [9.17, 15) is 13.6 Å². The van der Waals surface area contributed by atoms with Crippen molar-refractivity contribution in [2.75, 3.05) is 31.2 Å². The van der Waals surface area contributed by atoms with E-state index in [0.717, 1.165) is 46.9 Å². The lowest BCUT2D eigenvalue weighted by molar-refractivity contribution is -0.105. The van der Waals surface area contributed by atoms with Gasteiger partial charge < -0.3 is 14.2 Å². The second kappa shape index (κ2) is 9.66. The van der Waals surface area contributed by atoms with E-state index in [-0.39, 0.29) is 23.8 Å². The summed E-state index contributed by atoms with van der Waals surface area (Å²) in [5.74, 6) is -2.11. The van der Waals surface area contributed by atoms with Crippen LogP contribution < -0.4 is 4.90 Å². The number of alkyl halides is 2. The van der Waals surface area contributed by atoms with Crippen molar-refractivity contribution in [3.63, 3.8) is 0 Å². The third kappa shape index (κ3) is 4.55. The summed E-state index contributed by atoms with van der Waals surface area (Å²) in [4.78, 5) is 23.0. The summed E-state index contributed by atoms with van der Waals surface area (Å²) in [7, 11) is 1.95. The molecule has 1 aromatic carbocycles. The minimum atomic E-state index is -2.63. The Labute approximate surface area is 238 Å². The number of benzene rings is 1. The van der Waals surface area contributed by atoms with Crippen LogP contribution in [0.2, 0.25) is 0 Å². The first-order chi connectivity index (χ1) is 19.6. The van der Waals surface area contributed by atoms with Crippen LogP contribution in [0.15, 0.2) is 36.7 Å². The highest BCUT2D eigenvalue weighted by Gasteiger charge is 2.44. The molecule has 2 aromatic heterocycles. The Hall–Kier alpha value is -3.24. The number of fused-ring (bicyclic) bond motifs is 1. The second-order valence-corrected chi connectivity index (χ2v) is 12.6. The van der Waals surface area contributed by atoms with E-state index in [1.165, 1.54) is 0 Å². The standard InChI is InChI=1S/C31H36F2N6O2/c1-19-14-38(10-9-31(19,32)33)20(2)26-12-24-25(28(35-26)21-7-8-21)15-39(29(24)40)23-6-4-5-22(11-23)30(16-41-17-30)13-27-36-34-18-37(27)3/h4-6,11-12,18-21H,7-10,13-17H2,1-3H3/t19?,20-/m1/s1. The van der Waals surface area contributed by atoms with Crippen molar-refractivity contribution in [1.29, 1.82) is 0 Å². The molecule has 3 aliphatic heterocycles. The van der Waals surface area contributed by atoms with Gasteiger partial charge >= 0.3 is 0 Å². The van der Waals surface area contributed by atoms with Crippen LogP contribution in [0.4, 0.5) is 14.5 Å². The van der Waals surface area contributed by atoms with Crippen LogP contribution in [0.5, 0.6) is 0 Å². The number of hydrogen-bond acceptors (Lipinski definition) is 6. The number of amides is 1. The van der Waals surface area contributed by atoms with Gasteiger partial charge in [0.15, 0.2) is 0 Å². The number of hydrogen-bond donors (Lipinski definition) is 0. The highest BCUT2D eigenvalue weighted by atomic mass is 19.3. The molecule has 0 N–H and O–H groups in total. The van der Waals surface area contributed by atoms with Crippen LogP contribution in [0.1, 0.15) is 83.8 Å². The van der Waals surface area contributed by atoms with Gasteiger partial charge in [-0.2, -0.15) is 0 Å². The van der Waals surface area contributed by atoms with Crippen LogP contribution in [-0.2, 0) is 30.2 Å². The third-order valence-electron chi connectivity index (χ3n) is 9.70. The molecule has 3 fully saturated rings. The number of anilines is 1. The quantitative estimate of drug-likeness (QED) is 0.412. The fourth-order valence-corrected chi connectivity index (χ4v) is 6.61. The Morgan fingerprint density at radius 1 is 1.20 bits per heavy atom. The van der Waals surface area contributed by atoms with E-state index in [2.05, 4.69) is 27.2 Å². The summed E-state index contributed by atoms with van der Waals surface area (Å²) >= 11 is 0. The first kappa shape index (κ1) is 26.6. The number of carbonyl (C=O) groups excluding carboxylic acids is 1. The van der Waals surface area contributed by atoms with E-state index >= 15 is 0 Å². The fraction of sp³-hybridized carbons (Fsp3) is 0.548. The summed E-state index contributed by atoms with van der Waals surface area (Å²) in [5.41, 5.74) is 5.30. The van der Waals surface area contributed by atoms with Crippen molar-refractivity contribution >= 4 is 11.6 Å². The minimum absolute atomic E-state index is 0.0272. The second-order valence-electron chi connectivity index (χ2n) is 12.6. The SMILES string of the molecule is CC1CN([C@H](C)c2cc3c(c(C4CC4)n2)CN(c2cccc(C4(Cc5nncn5C)COC4)c2)C3=O)CCC1(F)F. The number of carbonyl (C=O) groups is 1. The molecule has 2 saturated heterocycles. The molecule has 10 heteroatoms. The number of likely N-dealkylation sites (tertiary alicyclic amines) is 1. The van der Waals surface area contributed by atoms with Crippen molar-refractivity contribution in [1.82, 2.24) is 24.6 Å². The van der Waals surface area contributed by atoms with Crippen LogP contribution in [0.25, 0.3) is 0 Å². The zero-order chi connectivity index (χ0) is 28.5. The lowest BCUT2D eigenvalue weighted by atomic mass is 9.75. The normalized spacial score (nSPS) is 24.3. The van der Waals surface area contributed by atoms with Gasteiger partial charge in [-0.15, -0.1) is 10.2 Å². The smallest absolute Gasteiger partial charge is 0.259 e. The van der Waals surface area contributed by atoms with Crippen LogP contribution in [0, 0.1) is 5.92 Å². The Morgan fingerprint density at radius 2 is 2.00 bits per heavy atom. The first-order valence-corrected chi connectivity index (χ1v) is 14.6. The zero-order valence-corrected chi connectivity index (χ0v) is 23.8. The number of rotatable bonds is 7. The Bertz CT molecular complexity index is 1500. The van der Waals surface area contributed by atoms with Crippen molar-refractivity contribution in [3.8, 4) is 0 Å². The minimum Gasteiger partial charge on any atom is -0.379 e. The van der Waals surface area contributed by atoms with Crippen molar-refractivity contribution < 1.29 is 18.3 Å². The highest BCUT2D eigenvalue weighted by molar-refractivity contribution is 6.10. The van der Waals surface area contributed by atoms with Crippen molar-refractivity contribution in [2.24, 2.45) is 13.0 Å². The van der Waals surface area contributed by atoms with E-state index in [0.29, 0.717) is 50.8 Å². The Morgan fingerprint density at radius 3 is 2.66 bits per heavy atom. The fourth-order valence-electron chi connectivity index (χ4n) is 6.61. The van der Waals surface area contributed by atoms with Crippen molar-refractivity contribution in [2.45, 2.75) is 69.4 Å². The third-order valence-corrected chi connectivity index (χ3v) is 9.70. The van der Waals surface area contributed by atoms with E-state index in [4.69, 9.17) is 9.72 Å². The van der Waals surface area contributed by atoms with Gasteiger partial charge in [0.2, 0.25) is 0 Å². The summed E-state index contributed by atoms with van der Waals surface area (Å²) < 4.78 is 36.0. The van der Waals surface area contributed by atoms with Crippen LogP contribution >= 0.6 is 0 Å². The molecule has 1 unspecified atom stereocenters. The average molecular weight is 563 g/mol. The number of aromatic nitrogens is 4. The molecule has 0 radical (unpaired) electrons. The first-order valence-electron chi connectivity index (χ1n) is 14.6. The molecule has 1 amide bonds. The van der Waals surface area contributed by atoms with Gasteiger partial charge in [0.25, 0.3) is 11.8 Å². The molecule has 2 atom stereocenters. The van der Waals surface area contributed by atoms with Gasteiger partial charge in [0.05, 0.1) is 25.5 Å². The van der Waals surface area contributed by atoms with Gasteiger partial charge in [-0.25, -0.2) is 8.78 Å². The maximum atomic E-state index is 14.2. The molecule has 0 bridgehead atoms. The van der Waals surface area contributed by atoms with Gasteiger partial charge in [-0.1, -0.05) is 19.1 Å². The predicted molar refractivity (Wildman–Crippen MR) is 149 cm³/mol.